The summed E-state index contributed by atoms with van der Waals surface area (Å²) in [5, 5.41) is 6.68. The van der Waals surface area contributed by atoms with E-state index in [0.29, 0.717) is 12.4 Å². The Morgan fingerprint density at radius 1 is 1.15 bits per heavy atom. The lowest BCUT2D eigenvalue weighted by atomic mass is 10.3. The quantitative estimate of drug-likeness (QED) is 0.633. The molecule has 0 unspecified atom stereocenters. The molecule has 1 aromatic rings. The Kier molecular flexibility index (Phi) is 7.02. The first kappa shape index (κ1) is 18.8. The van der Waals surface area contributed by atoms with Crippen LogP contribution in [0.5, 0.6) is 0 Å². The standard InChI is InChI=1S/C18H30N6O2/c1-15-14-21-18(20-6-9-23-10-12-26-13-11-23)22-17(15)19-5-3-8-24-7-2-4-16(24)25/h14H,2-13H2,1H3,(H2,19,20,21,22). The van der Waals surface area contributed by atoms with E-state index in [4.69, 9.17) is 4.74 Å². The Bertz CT molecular complexity index is 591. The molecule has 1 aromatic heterocycles. The third kappa shape index (κ3) is 5.54. The Labute approximate surface area is 155 Å². The molecule has 0 spiro atoms. The second-order valence-electron chi connectivity index (χ2n) is 6.87. The van der Waals surface area contributed by atoms with Crippen LogP contribution in [-0.4, -0.2) is 84.7 Å². The molecule has 0 bridgehead atoms. The molecule has 2 N–H and O–H groups in total. The van der Waals surface area contributed by atoms with Gasteiger partial charge in [-0.1, -0.05) is 0 Å². The van der Waals surface area contributed by atoms with Crippen LogP contribution in [0, 0.1) is 6.92 Å². The second-order valence-corrected chi connectivity index (χ2v) is 6.87. The van der Waals surface area contributed by atoms with E-state index in [9.17, 15) is 4.79 Å². The Hall–Kier alpha value is -1.93. The van der Waals surface area contributed by atoms with Gasteiger partial charge in [-0.05, 0) is 19.8 Å². The summed E-state index contributed by atoms with van der Waals surface area (Å²) < 4.78 is 5.36. The number of hydrogen-bond donors (Lipinski definition) is 2. The third-order valence-corrected chi connectivity index (χ3v) is 4.86. The van der Waals surface area contributed by atoms with Crippen molar-refractivity contribution in [1.29, 1.82) is 0 Å². The molecule has 2 aliphatic rings. The maximum atomic E-state index is 11.6. The molecule has 0 saturated carbocycles. The number of aryl methyl sites for hydroxylation is 1. The SMILES string of the molecule is Cc1cnc(NCCN2CCOCC2)nc1NCCCN1CCCC1=O. The predicted octanol–water partition coefficient (Wildman–Crippen LogP) is 0.954. The van der Waals surface area contributed by atoms with E-state index >= 15 is 0 Å². The van der Waals surface area contributed by atoms with Crippen molar-refractivity contribution in [3.05, 3.63) is 11.8 Å². The van der Waals surface area contributed by atoms with Gasteiger partial charge < -0.3 is 20.3 Å². The molecule has 26 heavy (non-hydrogen) atoms. The normalized spacial score (nSPS) is 18.3. The van der Waals surface area contributed by atoms with Gasteiger partial charge in [-0.3, -0.25) is 9.69 Å². The average Bonchev–Trinajstić information content (AvgIpc) is 3.07. The van der Waals surface area contributed by atoms with Crippen LogP contribution in [0.4, 0.5) is 11.8 Å². The minimum Gasteiger partial charge on any atom is -0.379 e. The van der Waals surface area contributed by atoms with Gasteiger partial charge in [-0.15, -0.1) is 0 Å². The van der Waals surface area contributed by atoms with Gasteiger partial charge in [-0.2, -0.15) is 4.98 Å². The lowest BCUT2D eigenvalue weighted by Crippen LogP contribution is -2.39. The first-order valence-electron chi connectivity index (χ1n) is 9.61. The number of rotatable bonds is 9. The fourth-order valence-electron chi connectivity index (χ4n) is 3.27. The zero-order valence-electron chi connectivity index (χ0n) is 15.7. The minimum absolute atomic E-state index is 0.287. The summed E-state index contributed by atoms with van der Waals surface area (Å²) in [6, 6.07) is 0. The molecule has 0 atom stereocenters. The van der Waals surface area contributed by atoms with Crippen molar-refractivity contribution in [1.82, 2.24) is 19.8 Å². The van der Waals surface area contributed by atoms with Gasteiger partial charge in [0.25, 0.3) is 0 Å². The van der Waals surface area contributed by atoms with Crippen molar-refractivity contribution in [3.63, 3.8) is 0 Å². The second kappa shape index (κ2) is 9.68. The summed E-state index contributed by atoms with van der Waals surface area (Å²) >= 11 is 0. The molecule has 3 rings (SSSR count). The van der Waals surface area contributed by atoms with Gasteiger partial charge in [-0.25, -0.2) is 4.98 Å². The number of ether oxygens (including phenoxy) is 1. The largest absolute Gasteiger partial charge is 0.379 e. The first-order chi connectivity index (χ1) is 12.7. The van der Waals surface area contributed by atoms with Crippen LogP contribution in [0.1, 0.15) is 24.8 Å². The van der Waals surface area contributed by atoms with Crippen LogP contribution >= 0.6 is 0 Å². The molecule has 2 fully saturated rings. The third-order valence-electron chi connectivity index (χ3n) is 4.86. The fraction of sp³-hybridized carbons (Fsp3) is 0.722. The Morgan fingerprint density at radius 2 is 2.00 bits per heavy atom. The maximum Gasteiger partial charge on any atom is 0.224 e. The van der Waals surface area contributed by atoms with E-state index in [-0.39, 0.29) is 5.91 Å². The molecule has 3 heterocycles. The number of nitrogens with one attached hydrogen (secondary N) is 2. The summed E-state index contributed by atoms with van der Waals surface area (Å²) in [5.41, 5.74) is 1.03. The van der Waals surface area contributed by atoms with Crippen LogP contribution in [0.15, 0.2) is 6.20 Å². The number of carbonyl (C=O) groups is 1. The van der Waals surface area contributed by atoms with E-state index < -0.39 is 0 Å². The fourth-order valence-corrected chi connectivity index (χ4v) is 3.27. The molecule has 0 aromatic carbocycles. The van der Waals surface area contributed by atoms with Crippen molar-refractivity contribution >= 4 is 17.7 Å². The molecular weight excluding hydrogens is 332 g/mol. The Morgan fingerprint density at radius 3 is 2.77 bits per heavy atom. The summed E-state index contributed by atoms with van der Waals surface area (Å²) in [6.45, 7) is 9.93. The number of hydrogen-bond acceptors (Lipinski definition) is 7. The van der Waals surface area contributed by atoms with Gasteiger partial charge in [0.05, 0.1) is 13.2 Å². The number of likely N-dealkylation sites (tertiary alicyclic amines) is 1. The van der Waals surface area contributed by atoms with Crippen molar-refractivity contribution in [2.24, 2.45) is 0 Å². The summed E-state index contributed by atoms with van der Waals surface area (Å²) in [6.07, 6.45) is 4.47. The van der Waals surface area contributed by atoms with Crippen molar-refractivity contribution in [3.8, 4) is 0 Å². The number of carbonyl (C=O) groups excluding carboxylic acids is 1. The molecule has 2 aliphatic heterocycles. The number of morpholine rings is 1. The lowest BCUT2D eigenvalue weighted by molar-refractivity contribution is -0.127. The summed E-state index contributed by atoms with van der Waals surface area (Å²) in [7, 11) is 0. The van der Waals surface area contributed by atoms with Crippen LogP contribution in [0.2, 0.25) is 0 Å². The van der Waals surface area contributed by atoms with E-state index in [1.54, 1.807) is 0 Å². The van der Waals surface area contributed by atoms with Crippen LogP contribution in [0.25, 0.3) is 0 Å². The number of aromatic nitrogens is 2. The monoisotopic (exact) mass is 362 g/mol. The number of amides is 1. The van der Waals surface area contributed by atoms with Gasteiger partial charge in [0.15, 0.2) is 0 Å². The minimum atomic E-state index is 0.287. The van der Waals surface area contributed by atoms with E-state index in [1.807, 2.05) is 18.0 Å². The number of anilines is 2. The molecular formula is C18H30N6O2. The zero-order valence-corrected chi connectivity index (χ0v) is 15.7. The topological polar surface area (TPSA) is 82.6 Å². The van der Waals surface area contributed by atoms with Crippen LogP contribution in [0.3, 0.4) is 0 Å². The van der Waals surface area contributed by atoms with Gasteiger partial charge in [0.2, 0.25) is 11.9 Å². The van der Waals surface area contributed by atoms with Crippen molar-refractivity contribution in [2.75, 3.05) is 69.7 Å². The number of nitrogens with zero attached hydrogens (tertiary/aromatic N) is 4. The smallest absolute Gasteiger partial charge is 0.224 e. The zero-order chi connectivity index (χ0) is 18.2. The predicted molar refractivity (Wildman–Crippen MR) is 101 cm³/mol. The molecule has 1 amide bonds. The van der Waals surface area contributed by atoms with Crippen molar-refractivity contribution < 1.29 is 9.53 Å². The molecule has 144 valence electrons. The molecule has 8 nitrogen and oxygen atoms in total. The lowest BCUT2D eigenvalue weighted by Gasteiger charge is -2.26. The highest BCUT2D eigenvalue weighted by molar-refractivity contribution is 5.78. The van der Waals surface area contributed by atoms with Gasteiger partial charge in [0.1, 0.15) is 5.82 Å². The maximum absolute atomic E-state index is 11.6. The Balaban J connectivity index is 1.39. The average molecular weight is 362 g/mol. The molecule has 0 aliphatic carbocycles. The van der Waals surface area contributed by atoms with Crippen LogP contribution in [-0.2, 0) is 9.53 Å². The highest BCUT2D eigenvalue weighted by atomic mass is 16.5. The summed E-state index contributed by atoms with van der Waals surface area (Å²) in [5.74, 6) is 1.80. The van der Waals surface area contributed by atoms with Gasteiger partial charge >= 0.3 is 0 Å². The summed E-state index contributed by atoms with van der Waals surface area (Å²) in [4.78, 5) is 24.9. The highest BCUT2D eigenvalue weighted by Gasteiger charge is 2.19. The molecule has 0 radical (unpaired) electrons. The van der Waals surface area contributed by atoms with E-state index in [1.165, 1.54) is 0 Å². The highest BCUT2D eigenvalue weighted by Crippen LogP contribution is 2.13. The van der Waals surface area contributed by atoms with E-state index in [0.717, 1.165) is 83.3 Å². The van der Waals surface area contributed by atoms with Gasteiger partial charge in [0, 0.05) is 64.0 Å². The molecule has 2 saturated heterocycles. The molecule has 8 heteroatoms. The van der Waals surface area contributed by atoms with Crippen LogP contribution < -0.4 is 10.6 Å². The van der Waals surface area contributed by atoms with Crippen molar-refractivity contribution in [2.45, 2.75) is 26.2 Å². The first-order valence-corrected chi connectivity index (χ1v) is 9.61. The van der Waals surface area contributed by atoms with E-state index in [2.05, 4.69) is 25.5 Å².